The number of ether oxygens (including phenoxy) is 1. The van der Waals surface area contributed by atoms with Crippen LogP contribution in [0.15, 0.2) is 30.9 Å². The summed E-state index contributed by atoms with van der Waals surface area (Å²) in [6, 6.07) is 6.14. The van der Waals surface area contributed by atoms with Crippen molar-refractivity contribution in [2.24, 2.45) is 0 Å². The van der Waals surface area contributed by atoms with Crippen molar-refractivity contribution < 1.29 is 18.3 Å². The molecule has 0 radical (unpaired) electrons. The maximum absolute atomic E-state index is 17.1. The number of aromatic nitrogens is 5. The molecular weight excluding hydrogens is 674 g/mol. The Balaban J connectivity index is 1.26. The Kier molecular flexibility index (Phi) is 7.58. The van der Waals surface area contributed by atoms with Crippen LogP contribution in [-0.4, -0.2) is 91.5 Å². The molecule has 6 heterocycles. The monoisotopic (exact) mass is 704 g/mol. The summed E-state index contributed by atoms with van der Waals surface area (Å²) in [4.78, 5) is 32.7. The number of nitrogens with two attached hydrogens (primary N) is 1. The van der Waals surface area contributed by atoms with Crippen LogP contribution in [0.4, 0.5) is 24.4 Å². The van der Waals surface area contributed by atoms with Gasteiger partial charge in [0.1, 0.15) is 47.0 Å². The van der Waals surface area contributed by atoms with Crippen LogP contribution >= 0.6 is 22.9 Å². The van der Waals surface area contributed by atoms with Crippen LogP contribution in [0.1, 0.15) is 38.2 Å². The average molecular weight is 705 g/mol. The minimum absolute atomic E-state index is 0.00863. The predicted octanol–water partition coefficient (Wildman–Crippen LogP) is 5.67. The first-order chi connectivity index (χ1) is 23.6. The molecule has 16 heteroatoms. The van der Waals surface area contributed by atoms with Gasteiger partial charge < -0.3 is 20.3 Å². The van der Waals surface area contributed by atoms with Gasteiger partial charge in [-0.25, -0.2) is 18.6 Å². The summed E-state index contributed by atoms with van der Waals surface area (Å²) in [6.45, 7) is 4.45. The van der Waals surface area contributed by atoms with Crippen LogP contribution in [0.3, 0.4) is 0 Å². The summed E-state index contributed by atoms with van der Waals surface area (Å²) in [5.74, 6) is -0.905. The van der Waals surface area contributed by atoms with E-state index in [9.17, 15) is 14.4 Å². The Morgan fingerprint density at radius 1 is 1.24 bits per heavy atom. The zero-order valence-electron chi connectivity index (χ0n) is 26.7. The minimum atomic E-state index is -0.760. The summed E-state index contributed by atoms with van der Waals surface area (Å²) in [5, 5.41) is 14.6. The molecule has 1 unspecified atom stereocenters. The number of halogens is 3. The van der Waals surface area contributed by atoms with Crippen LogP contribution in [0.5, 0.6) is 6.01 Å². The van der Waals surface area contributed by atoms with E-state index in [0.29, 0.717) is 37.3 Å². The Morgan fingerprint density at radius 3 is 2.76 bits per heavy atom. The van der Waals surface area contributed by atoms with Gasteiger partial charge in [0.2, 0.25) is 0 Å². The SMILES string of the molecule is CC(Oc1nc(N2CC[C@@]3(CCN3C(=O)n3cncn3)C2)c2cc(Cl)c(-c3ccc(F)c4sc(N)c(C#N)c34)c(F)c2n1)[C@@H]1CCCN1C. The Bertz CT molecular complexity index is 2190. The van der Waals surface area contributed by atoms with Crippen molar-refractivity contribution in [2.75, 3.05) is 43.9 Å². The fourth-order valence-corrected chi connectivity index (χ4v) is 8.96. The molecular formula is C33H31ClF2N10O2S. The van der Waals surface area contributed by atoms with E-state index in [4.69, 9.17) is 27.1 Å². The summed E-state index contributed by atoms with van der Waals surface area (Å²) < 4.78 is 39.7. The van der Waals surface area contributed by atoms with Crippen LogP contribution in [0.25, 0.3) is 32.1 Å². The van der Waals surface area contributed by atoms with E-state index >= 15 is 4.39 Å². The van der Waals surface area contributed by atoms with E-state index in [1.807, 2.05) is 24.9 Å². The summed E-state index contributed by atoms with van der Waals surface area (Å²) in [6.07, 6.45) is 5.85. The number of thiophene rings is 1. The Labute approximate surface area is 288 Å². The van der Waals surface area contributed by atoms with Crippen LogP contribution in [-0.2, 0) is 0 Å². The lowest BCUT2D eigenvalue weighted by Gasteiger charge is -2.50. The van der Waals surface area contributed by atoms with Crippen LogP contribution in [0.2, 0.25) is 5.02 Å². The second-order valence-electron chi connectivity index (χ2n) is 13.0. The fourth-order valence-electron chi connectivity index (χ4n) is 7.71. The highest BCUT2D eigenvalue weighted by atomic mass is 35.5. The third-order valence-electron chi connectivity index (χ3n) is 10.3. The molecule has 0 bridgehead atoms. The molecule has 1 amide bonds. The summed E-state index contributed by atoms with van der Waals surface area (Å²) in [7, 11) is 2.04. The third kappa shape index (κ3) is 4.95. The maximum Gasteiger partial charge on any atom is 0.346 e. The van der Waals surface area contributed by atoms with Crippen molar-refractivity contribution in [3.63, 3.8) is 0 Å². The number of nitrogens with zero attached hydrogens (tertiary/aromatic N) is 9. The number of likely N-dealkylation sites (tertiary alicyclic amines) is 2. The molecule has 3 atom stereocenters. The first-order valence-electron chi connectivity index (χ1n) is 16.0. The molecule has 3 aliphatic rings. The molecule has 252 valence electrons. The third-order valence-corrected chi connectivity index (χ3v) is 11.6. The lowest BCUT2D eigenvalue weighted by molar-refractivity contribution is 0.0400. The van der Waals surface area contributed by atoms with E-state index in [2.05, 4.69) is 20.0 Å². The van der Waals surface area contributed by atoms with E-state index < -0.39 is 17.2 Å². The molecule has 1 spiro atoms. The molecule has 3 fully saturated rings. The zero-order chi connectivity index (χ0) is 34.2. The summed E-state index contributed by atoms with van der Waals surface area (Å²) in [5.41, 5.74) is 5.84. The van der Waals surface area contributed by atoms with Gasteiger partial charge >= 0.3 is 12.0 Å². The fraction of sp³-hybridized carbons (Fsp3) is 0.394. The maximum atomic E-state index is 17.1. The normalized spacial score (nSPS) is 21.5. The number of likely N-dealkylation sites (N-methyl/N-ethyl adjacent to an activating group) is 1. The van der Waals surface area contributed by atoms with Gasteiger partial charge in [0.25, 0.3) is 0 Å². The lowest BCUT2D eigenvalue weighted by Crippen LogP contribution is -2.64. The standard InChI is InChI=1S/C33H31ClF2N10O2S/c1-17(23-4-3-9-43(23)2)48-31-41-27-19(30(42-31)44-10-7-33(14-44)8-11-45(33)32(47)46-16-39-15-40-46)12-21(34)25(26(27)36)18-5-6-22(35)28-24(18)20(13-37)29(38)49-28/h5-6,12,15-17,23H,3-4,7-11,14,38H2,1-2H3/t17?,23-,33+/m0/s1. The zero-order valence-corrected chi connectivity index (χ0v) is 28.2. The van der Waals surface area contributed by atoms with Gasteiger partial charge in [0.15, 0.2) is 5.82 Å². The number of benzene rings is 2. The van der Waals surface area contributed by atoms with Crippen molar-refractivity contribution in [2.45, 2.75) is 50.3 Å². The van der Waals surface area contributed by atoms with Gasteiger partial charge in [0, 0.05) is 42.0 Å². The van der Waals surface area contributed by atoms with Gasteiger partial charge in [-0.05, 0) is 63.9 Å². The number of carbonyl (C=O) groups excluding carboxylic acids is 1. The number of amides is 1. The van der Waals surface area contributed by atoms with E-state index in [-0.39, 0.29) is 66.5 Å². The van der Waals surface area contributed by atoms with Gasteiger partial charge in [-0.2, -0.15) is 25.0 Å². The Hall–Kier alpha value is -4.65. The molecule has 5 aromatic rings. The van der Waals surface area contributed by atoms with E-state index in [1.54, 1.807) is 11.0 Å². The Morgan fingerprint density at radius 2 is 2.06 bits per heavy atom. The molecule has 0 aliphatic carbocycles. The number of rotatable bonds is 5. The van der Waals surface area contributed by atoms with Crippen molar-refractivity contribution in [3.8, 4) is 23.2 Å². The number of carbonyl (C=O) groups is 1. The molecule has 2 N–H and O–H groups in total. The number of anilines is 2. The number of hydrogen-bond acceptors (Lipinski definition) is 11. The van der Waals surface area contributed by atoms with Crippen LogP contribution < -0.4 is 15.4 Å². The largest absolute Gasteiger partial charge is 0.459 e. The highest BCUT2D eigenvalue weighted by molar-refractivity contribution is 7.23. The quantitative estimate of drug-likeness (QED) is 0.243. The molecule has 2 aromatic carbocycles. The lowest BCUT2D eigenvalue weighted by atomic mass is 9.84. The predicted molar refractivity (Wildman–Crippen MR) is 182 cm³/mol. The number of nitrogen functional groups attached to an aromatic ring is 1. The average Bonchev–Trinajstić information content (AvgIpc) is 3.88. The highest BCUT2D eigenvalue weighted by Crippen LogP contribution is 2.47. The van der Waals surface area contributed by atoms with Crippen molar-refractivity contribution in [1.29, 1.82) is 5.26 Å². The van der Waals surface area contributed by atoms with Crippen molar-refractivity contribution >= 4 is 60.8 Å². The minimum Gasteiger partial charge on any atom is -0.459 e. The first-order valence-corrected chi connectivity index (χ1v) is 17.2. The van der Waals surface area contributed by atoms with Crippen molar-refractivity contribution in [1.82, 2.24) is 34.5 Å². The topological polar surface area (TPSA) is 142 Å². The number of fused-ring (bicyclic) bond motifs is 2. The van der Waals surface area contributed by atoms with Gasteiger partial charge in [-0.3, -0.25) is 4.90 Å². The highest BCUT2D eigenvalue weighted by Gasteiger charge is 2.52. The smallest absolute Gasteiger partial charge is 0.346 e. The molecule has 3 aliphatic heterocycles. The number of nitriles is 1. The molecule has 3 saturated heterocycles. The molecule has 0 saturated carbocycles. The second-order valence-corrected chi connectivity index (χ2v) is 14.4. The molecule has 3 aromatic heterocycles. The number of hydrogen-bond donors (Lipinski definition) is 1. The molecule has 8 rings (SSSR count). The van der Waals surface area contributed by atoms with Gasteiger partial charge in [-0.15, -0.1) is 11.3 Å². The molecule has 12 nitrogen and oxygen atoms in total. The van der Waals surface area contributed by atoms with Gasteiger partial charge in [-0.1, -0.05) is 17.7 Å². The van der Waals surface area contributed by atoms with Gasteiger partial charge in [0.05, 0.1) is 20.8 Å². The van der Waals surface area contributed by atoms with Crippen molar-refractivity contribution in [3.05, 3.63) is 53.1 Å². The molecule has 49 heavy (non-hydrogen) atoms. The van der Waals surface area contributed by atoms with E-state index in [1.165, 1.54) is 29.5 Å². The van der Waals surface area contributed by atoms with E-state index in [0.717, 1.165) is 37.1 Å². The van der Waals surface area contributed by atoms with Crippen LogP contribution in [0, 0.1) is 23.0 Å². The first kappa shape index (κ1) is 31.6. The summed E-state index contributed by atoms with van der Waals surface area (Å²) >= 11 is 7.81. The second kappa shape index (κ2) is 11.7.